The lowest BCUT2D eigenvalue weighted by molar-refractivity contribution is -0.141. The number of esters is 1. The number of unbranched alkanes of at least 4 members (excludes halogenated alkanes) is 5. The minimum atomic E-state index is -1.13. The van der Waals surface area contributed by atoms with Gasteiger partial charge in [0.05, 0.1) is 6.07 Å². The smallest absolute Gasteiger partial charge is 0.331 e. The normalized spacial score (nSPS) is 12.8. The third-order valence-corrected chi connectivity index (χ3v) is 5.25. The molecule has 2 rings (SSSR count). The first-order valence-corrected chi connectivity index (χ1v) is 10.6. The molecule has 0 saturated carbocycles. The van der Waals surface area contributed by atoms with Crippen LogP contribution in [-0.4, -0.2) is 15.9 Å². The maximum absolute atomic E-state index is 12.2. The maximum Gasteiger partial charge on any atom is 0.331 e. The Labute approximate surface area is 174 Å². The quantitative estimate of drug-likeness (QED) is 0.270. The van der Waals surface area contributed by atoms with Crippen LogP contribution < -0.4 is 4.74 Å². The molecule has 0 aliphatic heterocycles. The Balaban J connectivity index is 1.90. The van der Waals surface area contributed by atoms with E-state index in [0.29, 0.717) is 18.0 Å². The first-order valence-electron chi connectivity index (χ1n) is 10.6. The first-order chi connectivity index (χ1) is 14.0. The van der Waals surface area contributed by atoms with E-state index in [4.69, 9.17) is 4.74 Å². The fraction of sp³-hybridized carbons (Fsp3) is 0.500. The SMILES string of the molecule is CCCCCCCCc1cnc(-c2ccc(OC(=O)C(C)(C#N)CC)cc2)nc1. The fourth-order valence-corrected chi connectivity index (χ4v) is 2.90. The van der Waals surface area contributed by atoms with Gasteiger partial charge in [-0.2, -0.15) is 5.26 Å². The summed E-state index contributed by atoms with van der Waals surface area (Å²) < 4.78 is 5.35. The van der Waals surface area contributed by atoms with E-state index in [2.05, 4.69) is 16.9 Å². The van der Waals surface area contributed by atoms with Gasteiger partial charge >= 0.3 is 5.97 Å². The molecule has 29 heavy (non-hydrogen) atoms. The lowest BCUT2D eigenvalue weighted by Gasteiger charge is -2.17. The highest BCUT2D eigenvalue weighted by Crippen LogP contribution is 2.25. The molecule has 0 N–H and O–H groups in total. The molecule has 0 aliphatic carbocycles. The molecular weight excluding hydrogens is 362 g/mol. The van der Waals surface area contributed by atoms with Crippen LogP contribution in [0.1, 0.15) is 71.3 Å². The Morgan fingerprint density at radius 2 is 1.66 bits per heavy atom. The molecule has 154 valence electrons. The van der Waals surface area contributed by atoms with Crippen LogP contribution in [0.15, 0.2) is 36.7 Å². The van der Waals surface area contributed by atoms with Gasteiger partial charge in [0, 0.05) is 18.0 Å². The molecule has 0 bridgehead atoms. The number of benzene rings is 1. The summed E-state index contributed by atoms with van der Waals surface area (Å²) in [5.41, 5.74) is 0.882. The van der Waals surface area contributed by atoms with Crippen LogP contribution in [0.4, 0.5) is 0 Å². The van der Waals surface area contributed by atoms with Gasteiger partial charge in [0.1, 0.15) is 5.75 Å². The van der Waals surface area contributed by atoms with Crippen LogP contribution in [0.25, 0.3) is 11.4 Å². The van der Waals surface area contributed by atoms with Crippen molar-refractivity contribution in [2.24, 2.45) is 5.41 Å². The second-order valence-corrected chi connectivity index (χ2v) is 7.64. The molecule has 0 amide bonds. The molecule has 0 saturated heterocycles. The van der Waals surface area contributed by atoms with Crippen LogP contribution >= 0.6 is 0 Å². The second-order valence-electron chi connectivity index (χ2n) is 7.64. The van der Waals surface area contributed by atoms with E-state index >= 15 is 0 Å². The molecule has 2 aromatic rings. The highest BCUT2D eigenvalue weighted by atomic mass is 16.5. The third kappa shape index (κ3) is 6.67. The van der Waals surface area contributed by atoms with Gasteiger partial charge in [0.15, 0.2) is 11.2 Å². The molecule has 0 aliphatic rings. The minimum absolute atomic E-state index is 0.402. The summed E-state index contributed by atoms with van der Waals surface area (Å²) in [5.74, 6) is 0.518. The number of aryl methyl sites for hydroxylation is 1. The molecular formula is C24H31N3O2. The molecule has 1 atom stereocenters. The van der Waals surface area contributed by atoms with E-state index in [-0.39, 0.29) is 0 Å². The van der Waals surface area contributed by atoms with Crippen molar-refractivity contribution >= 4 is 5.97 Å². The number of nitriles is 1. The van der Waals surface area contributed by atoms with Crippen molar-refractivity contribution in [2.45, 2.75) is 72.1 Å². The Kier molecular flexibility index (Phi) is 8.79. The Bertz CT molecular complexity index is 810. The molecule has 0 radical (unpaired) electrons. The lowest BCUT2D eigenvalue weighted by atomic mass is 9.90. The van der Waals surface area contributed by atoms with Crippen LogP contribution in [0.2, 0.25) is 0 Å². The van der Waals surface area contributed by atoms with Crippen molar-refractivity contribution in [3.05, 3.63) is 42.2 Å². The van der Waals surface area contributed by atoms with Gasteiger partial charge in [0.2, 0.25) is 0 Å². The second kappa shape index (κ2) is 11.3. The fourth-order valence-electron chi connectivity index (χ4n) is 2.90. The van der Waals surface area contributed by atoms with E-state index < -0.39 is 11.4 Å². The van der Waals surface area contributed by atoms with Crippen molar-refractivity contribution in [2.75, 3.05) is 0 Å². The van der Waals surface area contributed by atoms with Gasteiger partial charge in [-0.3, -0.25) is 0 Å². The first kappa shape index (κ1) is 22.5. The number of carbonyl (C=O) groups excluding carboxylic acids is 1. The summed E-state index contributed by atoms with van der Waals surface area (Å²) >= 11 is 0. The zero-order valence-electron chi connectivity index (χ0n) is 17.8. The molecule has 0 spiro atoms. The van der Waals surface area contributed by atoms with Crippen LogP contribution in [0, 0.1) is 16.7 Å². The summed E-state index contributed by atoms with van der Waals surface area (Å²) in [5, 5.41) is 9.18. The van der Waals surface area contributed by atoms with Crippen LogP contribution in [0.3, 0.4) is 0 Å². The summed E-state index contributed by atoms with van der Waals surface area (Å²) in [6.07, 6.45) is 12.8. The number of carbonyl (C=O) groups is 1. The standard InChI is InChI=1S/C24H31N3O2/c1-4-6-7-8-9-10-11-19-16-26-22(27-17-19)20-12-14-21(15-13-20)29-23(28)24(3,5-2)18-25/h12-17H,4-11H2,1-3H3. The van der Waals surface area contributed by atoms with Crippen molar-refractivity contribution < 1.29 is 9.53 Å². The highest BCUT2D eigenvalue weighted by Gasteiger charge is 2.33. The summed E-state index contributed by atoms with van der Waals surface area (Å²) in [7, 11) is 0. The van der Waals surface area contributed by atoms with Crippen LogP contribution in [0.5, 0.6) is 5.75 Å². The predicted molar refractivity (Wildman–Crippen MR) is 114 cm³/mol. The number of aromatic nitrogens is 2. The number of rotatable bonds is 11. The molecule has 5 heteroatoms. The Morgan fingerprint density at radius 3 is 2.24 bits per heavy atom. The predicted octanol–water partition coefficient (Wildman–Crippen LogP) is 5.89. The van der Waals surface area contributed by atoms with Gasteiger partial charge in [0.25, 0.3) is 0 Å². The zero-order chi connectivity index (χ0) is 21.1. The van der Waals surface area contributed by atoms with Gasteiger partial charge in [-0.25, -0.2) is 14.8 Å². The molecule has 5 nitrogen and oxygen atoms in total. The van der Waals surface area contributed by atoms with Gasteiger partial charge in [-0.05, 0) is 56.0 Å². The van der Waals surface area contributed by atoms with Crippen molar-refractivity contribution in [1.82, 2.24) is 9.97 Å². The lowest BCUT2D eigenvalue weighted by Crippen LogP contribution is -2.29. The zero-order valence-corrected chi connectivity index (χ0v) is 17.8. The largest absolute Gasteiger partial charge is 0.425 e. The van der Waals surface area contributed by atoms with Crippen molar-refractivity contribution in [3.63, 3.8) is 0 Å². The van der Waals surface area contributed by atoms with Gasteiger partial charge in [-0.15, -0.1) is 0 Å². The van der Waals surface area contributed by atoms with E-state index in [0.717, 1.165) is 17.5 Å². The average molecular weight is 394 g/mol. The molecule has 1 heterocycles. The van der Waals surface area contributed by atoms with Crippen molar-refractivity contribution in [3.8, 4) is 23.2 Å². The summed E-state index contributed by atoms with van der Waals surface area (Å²) in [6, 6.07) is 9.07. The van der Waals surface area contributed by atoms with Crippen LogP contribution in [-0.2, 0) is 11.2 Å². The minimum Gasteiger partial charge on any atom is -0.425 e. The Hall–Kier alpha value is -2.74. The number of ether oxygens (including phenoxy) is 1. The summed E-state index contributed by atoms with van der Waals surface area (Å²) in [6.45, 7) is 5.61. The van der Waals surface area contributed by atoms with Gasteiger partial charge in [-0.1, -0.05) is 46.0 Å². The third-order valence-electron chi connectivity index (χ3n) is 5.25. The van der Waals surface area contributed by atoms with E-state index in [9.17, 15) is 10.1 Å². The summed E-state index contributed by atoms with van der Waals surface area (Å²) in [4.78, 5) is 21.1. The van der Waals surface area contributed by atoms with Crippen molar-refractivity contribution in [1.29, 1.82) is 5.26 Å². The molecule has 1 unspecified atom stereocenters. The topological polar surface area (TPSA) is 75.9 Å². The highest BCUT2D eigenvalue weighted by molar-refractivity contribution is 5.81. The molecule has 1 aromatic heterocycles. The average Bonchev–Trinajstić information content (AvgIpc) is 2.76. The van der Waals surface area contributed by atoms with E-state index in [1.165, 1.54) is 38.5 Å². The number of hydrogen-bond acceptors (Lipinski definition) is 5. The van der Waals surface area contributed by atoms with E-state index in [1.54, 1.807) is 26.0 Å². The van der Waals surface area contributed by atoms with Gasteiger partial charge < -0.3 is 4.74 Å². The molecule has 1 aromatic carbocycles. The maximum atomic E-state index is 12.2. The van der Waals surface area contributed by atoms with E-state index in [1.807, 2.05) is 30.6 Å². The Morgan fingerprint density at radius 1 is 1.03 bits per heavy atom. The number of nitrogens with zero attached hydrogens (tertiary/aromatic N) is 3. The number of hydrogen-bond donors (Lipinski definition) is 0. The monoisotopic (exact) mass is 393 g/mol. The molecule has 0 fully saturated rings.